The average Bonchev–Trinajstić information content (AvgIpc) is 2.72. The van der Waals surface area contributed by atoms with Crippen LogP contribution in [0.2, 0.25) is 0 Å². The van der Waals surface area contributed by atoms with Crippen LogP contribution in [-0.4, -0.2) is 23.9 Å². The van der Waals surface area contributed by atoms with Crippen molar-refractivity contribution in [3.05, 3.63) is 107 Å². The first-order valence-corrected chi connectivity index (χ1v) is 9.36. The van der Waals surface area contributed by atoms with Crippen molar-refractivity contribution in [1.29, 1.82) is 0 Å². The number of nitrogens with zero attached hydrogens (tertiary/aromatic N) is 1. The summed E-state index contributed by atoms with van der Waals surface area (Å²) < 4.78 is 0. The van der Waals surface area contributed by atoms with Crippen LogP contribution in [0.4, 0.5) is 0 Å². The summed E-state index contributed by atoms with van der Waals surface area (Å²) in [6.07, 6.45) is 0.909. The second kappa shape index (κ2) is 7.77. The summed E-state index contributed by atoms with van der Waals surface area (Å²) >= 11 is 0. The van der Waals surface area contributed by atoms with Gasteiger partial charge in [0.25, 0.3) is 0 Å². The van der Waals surface area contributed by atoms with E-state index in [0.29, 0.717) is 0 Å². The maximum absolute atomic E-state index is 12.4. The maximum Gasteiger partial charge on any atom is 0.239 e. The highest BCUT2D eigenvalue weighted by Gasteiger charge is 2.33. The molecule has 1 heterocycles. The number of fused-ring (bicyclic) bond motifs is 1. The third kappa shape index (κ3) is 3.64. The van der Waals surface area contributed by atoms with E-state index in [9.17, 15) is 4.79 Å². The van der Waals surface area contributed by atoms with Crippen LogP contribution in [0.15, 0.2) is 78.9 Å². The summed E-state index contributed by atoms with van der Waals surface area (Å²) in [6, 6.07) is 29.5. The molecule has 0 saturated heterocycles. The normalized spacial score (nSPS) is 16.9. The molecule has 3 aromatic rings. The van der Waals surface area contributed by atoms with Crippen LogP contribution in [0.5, 0.6) is 0 Å². The Bertz CT molecular complexity index is 868. The number of amides is 1. The summed E-state index contributed by atoms with van der Waals surface area (Å²) in [5, 5.41) is 0. The molecule has 0 aliphatic carbocycles. The van der Waals surface area contributed by atoms with Gasteiger partial charge in [-0.05, 0) is 34.7 Å². The predicted octanol–water partition coefficient (Wildman–Crippen LogP) is 3.70. The number of carbonyl (C=O) groups is 1. The summed E-state index contributed by atoms with van der Waals surface area (Å²) in [6.45, 7) is 1.56. The molecule has 0 spiro atoms. The molecule has 135 valence electrons. The first-order valence-electron chi connectivity index (χ1n) is 9.36. The van der Waals surface area contributed by atoms with Crippen LogP contribution in [0, 0.1) is 6.07 Å². The van der Waals surface area contributed by atoms with Gasteiger partial charge in [-0.15, -0.1) is 0 Å². The second-order valence-electron chi connectivity index (χ2n) is 7.05. The van der Waals surface area contributed by atoms with Crippen LogP contribution in [0.25, 0.3) is 0 Å². The van der Waals surface area contributed by atoms with Gasteiger partial charge in [0.05, 0.1) is 0 Å². The third-order valence-electron chi connectivity index (χ3n) is 5.41. The molecular formula is C24H23N2O. The van der Waals surface area contributed by atoms with Crippen molar-refractivity contribution in [2.45, 2.75) is 18.4 Å². The lowest BCUT2D eigenvalue weighted by Crippen LogP contribution is -2.44. The number of carbonyl (C=O) groups excluding carboxylic acids is 1. The molecule has 0 saturated carbocycles. The predicted molar refractivity (Wildman–Crippen MR) is 107 cm³/mol. The van der Waals surface area contributed by atoms with Gasteiger partial charge in [0, 0.05) is 19.0 Å². The van der Waals surface area contributed by atoms with Crippen LogP contribution in [0.1, 0.15) is 34.2 Å². The largest absolute Gasteiger partial charge is 0.368 e. The highest BCUT2D eigenvalue weighted by molar-refractivity contribution is 5.82. The molecule has 1 amide bonds. The van der Waals surface area contributed by atoms with E-state index in [2.05, 4.69) is 59.5 Å². The Morgan fingerprint density at radius 1 is 1.04 bits per heavy atom. The number of benzene rings is 3. The molecule has 2 N–H and O–H groups in total. The maximum atomic E-state index is 12.4. The molecule has 4 rings (SSSR count). The van der Waals surface area contributed by atoms with Gasteiger partial charge in [-0.25, -0.2) is 0 Å². The van der Waals surface area contributed by atoms with Crippen molar-refractivity contribution >= 4 is 5.91 Å². The molecule has 0 aromatic heterocycles. The highest BCUT2D eigenvalue weighted by atomic mass is 16.1. The van der Waals surface area contributed by atoms with E-state index in [1.807, 2.05) is 30.3 Å². The minimum Gasteiger partial charge on any atom is -0.368 e. The molecular weight excluding hydrogens is 332 g/mol. The average molecular weight is 355 g/mol. The molecule has 0 bridgehead atoms. The lowest BCUT2D eigenvalue weighted by atomic mass is 9.87. The van der Waals surface area contributed by atoms with Crippen molar-refractivity contribution in [2.75, 3.05) is 13.1 Å². The van der Waals surface area contributed by atoms with Crippen molar-refractivity contribution in [2.24, 2.45) is 5.73 Å². The van der Waals surface area contributed by atoms with E-state index < -0.39 is 6.04 Å². The summed E-state index contributed by atoms with van der Waals surface area (Å²) in [5.41, 5.74) is 10.5. The van der Waals surface area contributed by atoms with E-state index in [0.717, 1.165) is 25.1 Å². The molecule has 1 aliphatic rings. The standard InChI is InChI=1S/C24H23N2O/c25-24(27)23-21-14-8-7-13-20(21)15-16-26(23)17-22(18-9-3-1-4-10-18)19-11-5-2-6-12-19/h1-6,8-14,22-23H,15-17H2,(H2,25,27). The zero-order valence-electron chi connectivity index (χ0n) is 15.2. The zero-order chi connectivity index (χ0) is 18.6. The fourth-order valence-electron chi connectivity index (χ4n) is 4.09. The van der Waals surface area contributed by atoms with E-state index in [1.165, 1.54) is 16.7 Å². The van der Waals surface area contributed by atoms with Gasteiger partial charge in [0.2, 0.25) is 5.91 Å². The summed E-state index contributed by atoms with van der Waals surface area (Å²) in [4.78, 5) is 14.6. The summed E-state index contributed by atoms with van der Waals surface area (Å²) in [5.74, 6) is -0.104. The Hall–Kier alpha value is -2.91. The minimum absolute atomic E-state index is 0.186. The van der Waals surface area contributed by atoms with E-state index in [4.69, 9.17) is 5.73 Å². The van der Waals surface area contributed by atoms with Gasteiger partial charge < -0.3 is 5.73 Å². The molecule has 3 heteroatoms. The lowest BCUT2D eigenvalue weighted by Gasteiger charge is -2.37. The number of primary amides is 1. The van der Waals surface area contributed by atoms with Crippen LogP contribution < -0.4 is 5.73 Å². The van der Waals surface area contributed by atoms with Crippen LogP contribution >= 0.6 is 0 Å². The molecule has 1 radical (unpaired) electrons. The van der Waals surface area contributed by atoms with Crippen LogP contribution in [-0.2, 0) is 11.2 Å². The van der Waals surface area contributed by atoms with Gasteiger partial charge >= 0.3 is 0 Å². The highest BCUT2D eigenvalue weighted by Crippen LogP contribution is 2.33. The third-order valence-corrected chi connectivity index (χ3v) is 5.41. The van der Waals surface area contributed by atoms with Crippen molar-refractivity contribution < 1.29 is 4.79 Å². The number of nitrogens with two attached hydrogens (primary N) is 1. The number of hydrogen-bond acceptors (Lipinski definition) is 2. The Morgan fingerprint density at radius 3 is 2.26 bits per heavy atom. The monoisotopic (exact) mass is 355 g/mol. The molecule has 1 unspecified atom stereocenters. The van der Waals surface area contributed by atoms with Crippen molar-refractivity contribution in [1.82, 2.24) is 4.90 Å². The van der Waals surface area contributed by atoms with Gasteiger partial charge in [-0.2, -0.15) is 0 Å². The second-order valence-corrected chi connectivity index (χ2v) is 7.05. The zero-order valence-corrected chi connectivity index (χ0v) is 15.2. The molecule has 1 atom stereocenters. The van der Waals surface area contributed by atoms with E-state index in [1.54, 1.807) is 0 Å². The van der Waals surface area contributed by atoms with Crippen molar-refractivity contribution in [3.63, 3.8) is 0 Å². The quantitative estimate of drug-likeness (QED) is 0.758. The first-order chi connectivity index (χ1) is 13.2. The Balaban J connectivity index is 1.70. The topological polar surface area (TPSA) is 46.3 Å². The molecule has 3 aromatic carbocycles. The first kappa shape index (κ1) is 17.5. The fraction of sp³-hybridized carbons (Fsp3) is 0.208. The molecule has 3 nitrogen and oxygen atoms in total. The van der Waals surface area contributed by atoms with Gasteiger partial charge in [0.1, 0.15) is 6.04 Å². The molecule has 27 heavy (non-hydrogen) atoms. The smallest absolute Gasteiger partial charge is 0.239 e. The van der Waals surface area contributed by atoms with Crippen LogP contribution in [0.3, 0.4) is 0 Å². The Labute approximate surface area is 160 Å². The lowest BCUT2D eigenvalue weighted by molar-refractivity contribution is -0.123. The van der Waals surface area contributed by atoms with Crippen molar-refractivity contribution in [3.8, 4) is 0 Å². The SMILES string of the molecule is NC(=O)C1c2cc[c]cc2CCN1CC(c1ccccc1)c1ccccc1. The van der Waals surface area contributed by atoms with E-state index in [-0.39, 0.29) is 11.8 Å². The fourth-order valence-corrected chi connectivity index (χ4v) is 4.09. The molecule has 1 aliphatic heterocycles. The number of rotatable bonds is 5. The summed E-state index contributed by atoms with van der Waals surface area (Å²) in [7, 11) is 0. The van der Waals surface area contributed by atoms with Gasteiger partial charge in [0.15, 0.2) is 0 Å². The number of hydrogen-bond donors (Lipinski definition) is 1. The van der Waals surface area contributed by atoms with Gasteiger partial charge in [-0.1, -0.05) is 78.9 Å². The van der Waals surface area contributed by atoms with E-state index >= 15 is 0 Å². The Morgan fingerprint density at radius 2 is 1.67 bits per heavy atom. The van der Waals surface area contributed by atoms with Gasteiger partial charge in [-0.3, -0.25) is 9.69 Å². The molecule has 0 fully saturated rings. The Kier molecular flexibility index (Phi) is 5.03. The minimum atomic E-state index is -0.390.